The number of thiocarbonyl (C=S) groups is 1. The monoisotopic (exact) mass is 283 g/mol. The van der Waals surface area contributed by atoms with Gasteiger partial charge in [0, 0.05) is 12.3 Å². The standard InChI is InChI=1S/C12H13NO3S2/c1-12(14)6-18-11(17)13(12)5-8-2-3-9-10(4-8)16-7-15-9/h2-4,14H,5-7H2,1H3. The largest absolute Gasteiger partial charge is 0.454 e. The van der Waals surface area contributed by atoms with Crippen LogP contribution in [0.4, 0.5) is 0 Å². The molecule has 0 spiro atoms. The van der Waals surface area contributed by atoms with E-state index in [1.165, 1.54) is 11.8 Å². The second-order valence-corrected chi connectivity index (χ2v) is 6.15. The molecule has 0 amide bonds. The van der Waals surface area contributed by atoms with Crippen LogP contribution in [0.2, 0.25) is 0 Å². The highest BCUT2D eigenvalue weighted by atomic mass is 32.2. The molecule has 2 aliphatic rings. The number of fused-ring (bicyclic) bond motifs is 1. The fourth-order valence-corrected chi connectivity index (χ4v) is 3.42. The SMILES string of the molecule is CC1(O)CSC(=S)N1Cc1ccc2c(c1)OCO2. The van der Waals surface area contributed by atoms with Crippen molar-refractivity contribution >= 4 is 28.3 Å². The predicted octanol–water partition coefficient (Wildman–Crippen LogP) is 1.96. The average Bonchev–Trinajstić information content (AvgIpc) is 2.88. The third-order valence-corrected chi connectivity index (χ3v) is 4.78. The van der Waals surface area contributed by atoms with E-state index in [1.807, 2.05) is 23.1 Å². The number of nitrogens with zero attached hydrogens (tertiary/aromatic N) is 1. The molecule has 2 heterocycles. The van der Waals surface area contributed by atoms with Crippen molar-refractivity contribution in [1.29, 1.82) is 0 Å². The topological polar surface area (TPSA) is 41.9 Å². The van der Waals surface area contributed by atoms with Gasteiger partial charge in [-0.05, 0) is 24.6 Å². The van der Waals surface area contributed by atoms with E-state index in [4.69, 9.17) is 21.7 Å². The van der Waals surface area contributed by atoms with Crippen LogP contribution in [0.25, 0.3) is 0 Å². The van der Waals surface area contributed by atoms with Crippen LogP contribution in [-0.4, -0.2) is 32.6 Å². The van der Waals surface area contributed by atoms with Crippen molar-refractivity contribution in [1.82, 2.24) is 4.90 Å². The number of aliphatic hydroxyl groups is 1. The smallest absolute Gasteiger partial charge is 0.231 e. The first-order valence-electron chi connectivity index (χ1n) is 5.61. The average molecular weight is 283 g/mol. The lowest BCUT2D eigenvalue weighted by molar-refractivity contribution is -0.0271. The van der Waals surface area contributed by atoms with Gasteiger partial charge in [0.1, 0.15) is 10.0 Å². The van der Waals surface area contributed by atoms with Gasteiger partial charge in [-0.25, -0.2) is 0 Å². The lowest BCUT2D eigenvalue weighted by atomic mass is 10.1. The predicted molar refractivity (Wildman–Crippen MR) is 73.8 cm³/mol. The molecule has 4 nitrogen and oxygen atoms in total. The molecular formula is C12H13NO3S2. The van der Waals surface area contributed by atoms with Crippen molar-refractivity contribution in [3.05, 3.63) is 23.8 Å². The molecule has 2 aliphatic heterocycles. The molecule has 1 unspecified atom stereocenters. The quantitative estimate of drug-likeness (QED) is 0.837. The summed E-state index contributed by atoms with van der Waals surface area (Å²) < 4.78 is 11.3. The molecule has 18 heavy (non-hydrogen) atoms. The van der Waals surface area contributed by atoms with E-state index >= 15 is 0 Å². The molecule has 3 rings (SSSR count). The van der Waals surface area contributed by atoms with E-state index in [9.17, 15) is 5.11 Å². The van der Waals surface area contributed by atoms with Gasteiger partial charge < -0.3 is 19.5 Å². The number of thioether (sulfide) groups is 1. The number of hydrogen-bond acceptors (Lipinski definition) is 5. The Kier molecular flexibility index (Phi) is 2.88. The Morgan fingerprint density at radius 3 is 2.94 bits per heavy atom. The Morgan fingerprint density at radius 2 is 2.22 bits per heavy atom. The highest BCUT2D eigenvalue weighted by molar-refractivity contribution is 8.23. The first-order chi connectivity index (χ1) is 8.56. The highest BCUT2D eigenvalue weighted by Crippen LogP contribution is 2.36. The van der Waals surface area contributed by atoms with Crippen LogP contribution in [0.15, 0.2) is 18.2 Å². The summed E-state index contributed by atoms with van der Waals surface area (Å²) in [6, 6.07) is 5.79. The van der Waals surface area contributed by atoms with Gasteiger partial charge in [0.2, 0.25) is 6.79 Å². The molecule has 0 saturated carbocycles. The van der Waals surface area contributed by atoms with Gasteiger partial charge in [-0.15, -0.1) is 0 Å². The van der Waals surface area contributed by atoms with E-state index in [1.54, 1.807) is 6.92 Å². The van der Waals surface area contributed by atoms with Crippen LogP contribution in [0.5, 0.6) is 11.5 Å². The molecule has 1 fully saturated rings. The molecule has 1 aromatic rings. The van der Waals surface area contributed by atoms with E-state index in [2.05, 4.69) is 0 Å². The number of ether oxygens (including phenoxy) is 2. The van der Waals surface area contributed by atoms with Crippen LogP contribution in [0.3, 0.4) is 0 Å². The van der Waals surface area contributed by atoms with Crippen molar-refractivity contribution in [3.8, 4) is 11.5 Å². The Morgan fingerprint density at radius 1 is 1.44 bits per heavy atom. The minimum Gasteiger partial charge on any atom is -0.454 e. The lowest BCUT2D eigenvalue weighted by Crippen LogP contribution is -2.43. The molecule has 0 bridgehead atoms. The van der Waals surface area contributed by atoms with E-state index in [-0.39, 0.29) is 6.79 Å². The van der Waals surface area contributed by atoms with Crippen LogP contribution < -0.4 is 9.47 Å². The number of benzene rings is 1. The minimum absolute atomic E-state index is 0.272. The first-order valence-corrected chi connectivity index (χ1v) is 7.01. The van der Waals surface area contributed by atoms with Crippen molar-refractivity contribution < 1.29 is 14.6 Å². The van der Waals surface area contributed by atoms with Crippen LogP contribution in [-0.2, 0) is 6.54 Å². The van der Waals surface area contributed by atoms with Gasteiger partial charge in [0.05, 0.1) is 0 Å². The maximum atomic E-state index is 10.2. The van der Waals surface area contributed by atoms with Gasteiger partial charge in [0.15, 0.2) is 11.5 Å². The Balaban J connectivity index is 1.82. The molecule has 0 radical (unpaired) electrons. The van der Waals surface area contributed by atoms with Crippen molar-refractivity contribution in [2.24, 2.45) is 0 Å². The minimum atomic E-state index is -0.877. The van der Waals surface area contributed by atoms with E-state index in [0.29, 0.717) is 12.3 Å². The van der Waals surface area contributed by atoms with Crippen molar-refractivity contribution in [3.63, 3.8) is 0 Å². The zero-order valence-corrected chi connectivity index (χ0v) is 11.5. The molecule has 1 aromatic carbocycles. The zero-order valence-electron chi connectivity index (χ0n) is 9.88. The molecular weight excluding hydrogens is 270 g/mol. The third-order valence-electron chi connectivity index (χ3n) is 3.05. The van der Waals surface area contributed by atoms with Gasteiger partial charge in [0.25, 0.3) is 0 Å². The highest BCUT2D eigenvalue weighted by Gasteiger charge is 2.38. The summed E-state index contributed by atoms with van der Waals surface area (Å²) in [6.45, 7) is 2.64. The van der Waals surface area contributed by atoms with Gasteiger partial charge in [-0.3, -0.25) is 0 Å². The summed E-state index contributed by atoms with van der Waals surface area (Å²) in [5.41, 5.74) is 0.169. The Hall–Kier alpha value is -0.980. The van der Waals surface area contributed by atoms with Gasteiger partial charge >= 0.3 is 0 Å². The Labute approximate surface area is 115 Å². The number of rotatable bonds is 2. The normalized spacial score (nSPS) is 25.9. The summed E-state index contributed by atoms with van der Waals surface area (Å²) in [6.07, 6.45) is 0. The zero-order chi connectivity index (χ0) is 12.8. The first kappa shape index (κ1) is 12.1. The van der Waals surface area contributed by atoms with Gasteiger partial charge in [-0.2, -0.15) is 0 Å². The summed E-state index contributed by atoms with van der Waals surface area (Å²) in [5.74, 6) is 2.13. The fraction of sp³-hybridized carbons (Fsp3) is 0.417. The second kappa shape index (κ2) is 4.29. The second-order valence-electron chi connectivity index (χ2n) is 4.55. The summed E-state index contributed by atoms with van der Waals surface area (Å²) >= 11 is 6.77. The molecule has 1 N–H and O–H groups in total. The molecule has 96 valence electrons. The van der Waals surface area contributed by atoms with Crippen LogP contribution in [0.1, 0.15) is 12.5 Å². The lowest BCUT2D eigenvalue weighted by Gasteiger charge is -2.30. The van der Waals surface area contributed by atoms with Crippen molar-refractivity contribution in [2.75, 3.05) is 12.5 Å². The van der Waals surface area contributed by atoms with Crippen molar-refractivity contribution in [2.45, 2.75) is 19.2 Å². The summed E-state index contributed by atoms with van der Waals surface area (Å²) in [4.78, 5) is 1.84. The maximum absolute atomic E-state index is 10.2. The Bertz CT molecular complexity index is 504. The molecule has 0 aliphatic carbocycles. The molecule has 1 saturated heterocycles. The van der Waals surface area contributed by atoms with Crippen LogP contribution >= 0.6 is 24.0 Å². The van der Waals surface area contributed by atoms with E-state index in [0.717, 1.165) is 21.4 Å². The molecule has 1 atom stereocenters. The number of hydrogen-bond donors (Lipinski definition) is 1. The van der Waals surface area contributed by atoms with Gasteiger partial charge in [-0.1, -0.05) is 30.0 Å². The molecule has 0 aromatic heterocycles. The van der Waals surface area contributed by atoms with Crippen LogP contribution in [0, 0.1) is 0 Å². The molecule has 6 heteroatoms. The van der Waals surface area contributed by atoms with E-state index < -0.39 is 5.72 Å². The maximum Gasteiger partial charge on any atom is 0.231 e. The summed E-state index contributed by atoms with van der Waals surface area (Å²) in [7, 11) is 0. The summed E-state index contributed by atoms with van der Waals surface area (Å²) in [5, 5.41) is 10.2. The fourth-order valence-electron chi connectivity index (χ4n) is 2.01. The third kappa shape index (κ3) is 2.04.